The highest BCUT2D eigenvalue weighted by atomic mass is 16.5. The Morgan fingerprint density at radius 2 is 1.85 bits per heavy atom. The first kappa shape index (κ1) is 23.1. The van der Waals surface area contributed by atoms with Gasteiger partial charge in [-0.25, -0.2) is 0 Å². The lowest BCUT2D eigenvalue weighted by Gasteiger charge is -2.47. The van der Waals surface area contributed by atoms with Crippen LogP contribution in [-0.2, 0) is 20.7 Å². The zero-order valence-corrected chi connectivity index (χ0v) is 19.9. The van der Waals surface area contributed by atoms with Crippen LogP contribution in [0, 0.1) is 17.8 Å². The molecular weight excluding hydrogens is 428 g/mol. The Labute approximate surface area is 201 Å². The quantitative estimate of drug-likeness (QED) is 0.695. The van der Waals surface area contributed by atoms with E-state index in [-0.39, 0.29) is 17.9 Å². The molecule has 3 atom stereocenters. The third-order valence-electron chi connectivity index (χ3n) is 7.55. The highest BCUT2D eigenvalue weighted by Gasteiger charge is 2.44. The molecule has 6 rings (SSSR count). The summed E-state index contributed by atoms with van der Waals surface area (Å²) in [6.07, 6.45) is 1.78. The molecule has 4 aliphatic rings. The van der Waals surface area contributed by atoms with Crippen molar-refractivity contribution >= 4 is 11.6 Å². The fraction of sp³-hybridized carbons (Fsp3) is 0.464. The minimum atomic E-state index is -0.957. The summed E-state index contributed by atoms with van der Waals surface area (Å²) in [4.78, 5) is 17.0. The Hall–Kier alpha value is -2.69. The van der Waals surface area contributed by atoms with E-state index in [0.717, 1.165) is 42.7 Å². The predicted octanol–water partition coefficient (Wildman–Crippen LogP) is 2.46. The minimum Gasteiger partial charge on any atom is -0.376 e. The molecule has 0 aliphatic carbocycles. The van der Waals surface area contributed by atoms with Gasteiger partial charge in [0.15, 0.2) is 6.10 Å². The van der Waals surface area contributed by atoms with Crippen molar-refractivity contribution in [2.45, 2.75) is 37.1 Å². The molecule has 6 nitrogen and oxygen atoms in total. The second kappa shape index (κ2) is 9.52. The lowest BCUT2D eigenvalue weighted by Crippen LogP contribution is -2.58. The van der Waals surface area contributed by atoms with Crippen LogP contribution in [0.3, 0.4) is 0 Å². The van der Waals surface area contributed by atoms with E-state index in [9.17, 15) is 9.90 Å². The number of carbonyl (C=O) groups is 1. The number of anilines is 1. The number of amides is 1. The highest BCUT2D eigenvalue weighted by molar-refractivity contribution is 5.99. The fourth-order valence-corrected chi connectivity index (χ4v) is 5.55. The SMILES string of the molecule is COC1CN(c2ccc(C#CC3(O)CN4CCC3CC4)c(Cc3ccccc3)c2)C(=O)C1OC. The molecule has 2 bridgehead atoms. The largest absolute Gasteiger partial charge is 0.376 e. The monoisotopic (exact) mass is 460 g/mol. The number of benzene rings is 2. The Bertz CT molecular complexity index is 1100. The number of ether oxygens (including phenoxy) is 2. The first-order valence-corrected chi connectivity index (χ1v) is 12.0. The minimum absolute atomic E-state index is 0.0968. The van der Waals surface area contributed by atoms with Crippen molar-refractivity contribution in [2.75, 3.05) is 45.3 Å². The predicted molar refractivity (Wildman–Crippen MR) is 131 cm³/mol. The number of hydrogen-bond acceptors (Lipinski definition) is 5. The summed E-state index contributed by atoms with van der Waals surface area (Å²) in [7, 11) is 3.14. The number of carbonyl (C=O) groups excluding carboxylic acids is 1. The Balaban J connectivity index is 1.48. The van der Waals surface area contributed by atoms with Crippen molar-refractivity contribution < 1.29 is 19.4 Å². The van der Waals surface area contributed by atoms with Crippen LogP contribution in [0.1, 0.15) is 29.5 Å². The number of rotatable bonds is 5. The lowest BCUT2D eigenvalue weighted by molar-refractivity contribution is -0.129. The molecule has 0 spiro atoms. The van der Waals surface area contributed by atoms with E-state index in [0.29, 0.717) is 19.5 Å². The summed E-state index contributed by atoms with van der Waals surface area (Å²) in [6, 6.07) is 16.2. The van der Waals surface area contributed by atoms with Crippen LogP contribution in [0.15, 0.2) is 48.5 Å². The third-order valence-corrected chi connectivity index (χ3v) is 7.55. The fourth-order valence-electron chi connectivity index (χ4n) is 5.55. The van der Waals surface area contributed by atoms with Crippen molar-refractivity contribution in [1.82, 2.24) is 4.90 Å². The summed E-state index contributed by atoms with van der Waals surface area (Å²) in [5.74, 6) is 6.70. The first-order chi connectivity index (χ1) is 16.5. The summed E-state index contributed by atoms with van der Waals surface area (Å²) in [5, 5.41) is 11.3. The van der Waals surface area contributed by atoms with E-state index in [1.165, 1.54) is 12.7 Å². The molecule has 4 aliphatic heterocycles. The number of methoxy groups -OCH3 is 2. The number of fused-ring (bicyclic) bond motifs is 3. The van der Waals surface area contributed by atoms with Crippen LogP contribution in [-0.4, -0.2) is 74.1 Å². The van der Waals surface area contributed by atoms with Gasteiger partial charge in [0, 0.05) is 37.9 Å². The molecule has 4 fully saturated rings. The maximum atomic E-state index is 13.0. The van der Waals surface area contributed by atoms with E-state index >= 15 is 0 Å². The summed E-state index contributed by atoms with van der Waals surface area (Å²) in [5.41, 5.74) is 2.94. The highest BCUT2D eigenvalue weighted by Crippen LogP contribution is 2.35. The van der Waals surface area contributed by atoms with Crippen LogP contribution in [0.2, 0.25) is 0 Å². The second-order valence-corrected chi connectivity index (χ2v) is 9.61. The van der Waals surface area contributed by atoms with E-state index in [4.69, 9.17) is 9.47 Å². The van der Waals surface area contributed by atoms with E-state index < -0.39 is 11.7 Å². The van der Waals surface area contributed by atoms with Gasteiger partial charge < -0.3 is 19.5 Å². The van der Waals surface area contributed by atoms with Gasteiger partial charge in [0.1, 0.15) is 11.7 Å². The second-order valence-electron chi connectivity index (χ2n) is 9.61. The molecule has 3 unspecified atom stereocenters. The molecule has 1 N–H and O–H groups in total. The zero-order chi connectivity index (χ0) is 23.7. The van der Waals surface area contributed by atoms with Crippen LogP contribution in [0.5, 0.6) is 0 Å². The van der Waals surface area contributed by atoms with Crippen LogP contribution < -0.4 is 4.90 Å². The van der Waals surface area contributed by atoms with Crippen LogP contribution in [0.4, 0.5) is 5.69 Å². The van der Waals surface area contributed by atoms with Crippen molar-refractivity contribution in [1.29, 1.82) is 0 Å². The standard InChI is InChI=1S/C28H32N2O4/c1-33-25-18-30(27(31)26(25)34-2)24-9-8-21(22(17-24)16-20-6-4-3-5-7-20)10-13-28(32)19-29-14-11-23(28)12-15-29/h3-9,17,23,25-26,32H,11-12,14-16,18-19H2,1-2H3. The molecule has 6 heteroatoms. The molecule has 4 heterocycles. The van der Waals surface area contributed by atoms with E-state index in [2.05, 4.69) is 28.9 Å². The van der Waals surface area contributed by atoms with Crippen molar-refractivity contribution in [3.8, 4) is 11.8 Å². The van der Waals surface area contributed by atoms with Crippen molar-refractivity contribution in [3.05, 3.63) is 65.2 Å². The molecule has 0 radical (unpaired) electrons. The van der Waals surface area contributed by atoms with Gasteiger partial charge in [0.05, 0.1) is 6.54 Å². The molecule has 2 aromatic rings. The summed E-state index contributed by atoms with van der Waals surface area (Å²) in [6.45, 7) is 3.17. The molecule has 4 saturated heterocycles. The molecule has 34 heavy (non-hydrogen) atoms. The number of hydrogen-bond donors (Lipinski definition) is 1. The zero-order valence-electron chi connectivity index (χ0n) is 19.9. The Morgan fingerprint density at radius 3 is 2.47 bits per heavy atom. The van der Waals surface area contributed by atoms with Gasteiger partial charge in [-0.05, 0) is 61.7 Å². The number of aliphatic hydroxyl groups is 1. The molecule has 2 aromatic carbocycles. The smallest absolute Gasteiger partial charge is 0.258 e. The Morgan fingerprint density at radius 1 is 1.09 bits per heavy atom. The van der Waals surface area contributed by atoms with Gasteiger partial charge in [0.2, 0.25) is 0 Å². The summed E-state index contributed by atoms with van der Waals surface area (Å²) >= 11 is 0. The molecule has 1 amide bonds. The van der Waals surface area contributed by atoms with E-state index in [1.54, 1.807) is 12.0 Å². The maximum absolute atomic E-state index is 13.0. The van der Waals surface area contributed by atoms with Crippen LogP contribution in [0.25, 0.3) is 0 Å². The van der Waals surface area contributed by atoms with Gasteiger partial charge >= 0.3 is 0 Å². The van der Waals surface area contributed by atoms with Crippen molar-refractivity contribution in [3.63, 3.8) is 0 Å². The van der Waals surface area contributed by atoms with Gasteiger partial charge in [-0.3, -0.25) is 9.69 Å². The van der Waals surface area contributed by atoms with Crippen molar-refractivity contribution in [2.24, 2.45) is 5.92 Å². The van der Waals surface area contributed by atoms with Gasteiger partial charge in [-0.15, -0.1) is 0 Å². The van der Waals surface area contributed by atoms with E-state index in [1.807, 2.05) is 36.4 Å². The summed E-state index contributed by atoms with van der Waals surface area (Å²) < 4.78 is 10.9. The molecule has 178 valence electrons. The van der Waals surface area contributed by atoms with Gasteiger partial charge in [-0.1, -0.05) is 42.2 Å². The molecule has 0 aromatic heterocycles. The maximum Gasteiger partial charge on any atom is 0.258 e. The number of nitrogens with zero attached hydrogens (tertiary/aromatic N) is 2. The topological polar surface area (TPSA) is 62.2 Å². The molecular formula is C28H32N2O4. The van der Waals surface area contributed by atoms with Gasteiger partial charge in [-0.2, -0.15) is 0 Å². The normalized spacial score (nSPS) is 30.3. The number of piperidine rings is 3. The molecule has 0 saturated carbocycles. The Kier molecular flexibility index (Phi) is 6.46. The lowest BCUT2D eigenvalue weighted by atomic mass is 9.75. The third kappa shape index (κ3) is 4.37. The average Bonchev–Trinajstić information content (AvgIpc) is 3.19. The van der Waals surface area contributed by atoms with Gasteiger partial charge in [0.25, 0.3) is 5.91 Å². The first-order valence-electron chi connectivity index (χ1n) is 12.0. The average molecular weight is 461 g/mol. The van der Waals surface area contributed by atoms with Crippen LogP contribution >= 0.6 is 0 Å².